The fourth-order valence-corrected chi connectivity index (χ4v) is 0.337. The summed E-state index contributed by atoms with van der Waals surface area (Å²) in [5.74, 6) is -0.350. The Kier molecular flexibility index (Phi) is 3.88. The summed E-state index contributed by atoms with van der Waals surface area (Å²) in [7, 11) is 0. The second-order valence-corrected chi connectivity index (χ2v) is 4.94. The molecule has 0 fully saturated rings. The molecule has 0 aromatic heterocycles. The third-order valence-corrected chi connectivity index (χ3v) is 1.09. The molecule has 4 nitrogen and oxygen atoms in total. The van der Waals surface area contributed by atoms with E-state index in [1.807, 2.05) is 20.8 Å². The molecule has 0 rings (SSSR count). The highest BCUT2D eigenvalue weighted by Crippen LogP contribution is 2.14. The monoisotopic (exact) mass is 189 g/mol. The van der Waals surface area contributed by atoms with Crippen molar-refractivity contribution in [3.8, 4) is 0 Å². The molecular weight excluding hydrogens is 170 g/mol. The summed E-state index contributed by atoms with van der Waals surface area (Å²) in [6, 6.07) is 0. The Labute approximate surface area is 79.5 Å². The predicted octanol–water partition coefficient (Wildman–Crippen LogP) is 1.81. The largest absolute Gasteiger partial charge is 0.345 e. The van der Waals surface area contributed by atoms with Gasteiger partial charge in [-0.1, -0.05) is 0 Å². The SMILES string of the molecule is CC(C)(C)ONOC(=O)C(C)(C)C. The van der Waals surface area contributed by atoms with Crippen LogP contribution in [0.3, 0.4) is 0 Å². The van der Waals surface area contributed by atoms with Gasteiger partial charge in [0.2, 0.25) is 0 Å². The Morgan fingerprint density at radius 3 is 1.85 bits per heavy atom. The van der Waals surface area contributed by atoms with E-state index < -0.39 is 5.41 Å². The highest BCUT2D eigenvalue weighted by Gasteiger charge is 2.24. The van der Waals surface area contributed by atoms with Gasteiger partial charge in [-0.3, -0.25) is 4.84 Å². The summed E-state index contributed by atoms with van der Waals surface area (Å²) in [4.78, 5) is 20.9. The Bertz CT molecular complexity index is 176. The molecule has 1 N–H and O–H groups in total. The summed E-state index contributed by atoms with van der Waals surface area (Å²) in [5.41, 5.74) is 1.29. The molecule has 0 radical (unpaired) electrons. The van der Waals surface area contributed by atoms with Gasteiger partial charge in [0, 0.05) is 0 Å². The molecule has 13 heavy (non-hydrogen) atoms. The minimum Gasteiger partial charge on any atom is -0.345 e. The summed E-state index contributed by atoms with van der Waals surface area (Å²) >= 11 is 0. The fraction of sp³-hybridized carbons (Fsp3) is 0.889. The van der Waals surface area contributed by atoms with Crippen LogP contribution in [-0.2, 0) is 14.5 Å². The highest BCUT2D eigenvalue weighted by molar-refractivity contribution is 5.74. The average molecular weight is 189 g/mol. The molecule has 0 aliphatic carbocycles. The number of rotatable bonds is 2. The van der Waals surface area contributed by atoms with Crippen LogP contribution in [0.4, 0.5) is 0 Å². The first-order valence-electron chi connectivity index (χ1n) is 4.27. The van der Waals surface area contributed by atoms with Crippen LogP contribution in [0.25, 0.3) is 0 Å². The number of hydrogen-bond acceptors (Lipinski definition) is 4. The van der Waals surface area contributed by atoms with E-state index in [4.69, 9.17) is 4.84 Å². The first-order chi connectivity index (χ1) is 5.63. The van der Waals surface area contributed by atoms with Crippen LogP contribution < -0.4 is 5.64 Å². The Morgan fingerprint density at radius 2 is 1.54 bits per heavy atom. The smallest absolute Gasteiger partial charge is 0.333 e. The second kappa shape index (κ2) is 4.07. The van der Waals surface area contributed by atoms with Crippen molar-refractivity contribution in [1.29, 1.82) is 0 Å². The standard InChI is InChI=1S/C9H19NO3/c1-8(2,3)7(11)12-10-13-9(4,5)6/h10H,1-6H3. The van der Waals surface area contributed by atoms with Crippen LogP contribution in [0.5, 0.6) is 0 Å². The van der Waals surface area contributed by atoms with Crippen molar-refractivity contribution >= 4 is 5.97 Å². The molecule has 0 aliphatic rings. The average Bonchev–Trinajstić information content (AvgIpc) is 1.82. The van der Waals surface area contributed by atoms with Crippen molar-refractivity contribution in [3.63, 3.8) is 0 Å². The lowest BCUT2D eigenvalue weighted by Crippen LogP contribution is -2.34. The molecule has 0 aliphatic heterocycles. The molecule has 0 saturated heterocycles. The molecule has 0 aromatic carbocycles. The molecule has 0 bridgehead atoms. The van der Waals surface area contributed by atoms with Gasteiger partial charge in [-0.25, -0.2) is 4.79 Å². The van der Waals surface area contributed by atoms with Crippen molar-refractivity contribution in [2.45, 2.75) is 47.1 Å². The van der Waals surface area contributed by atoms with Crippen LogP contribution in [0.1, 0.15) is 41.5 Å². The minimum absolute atomic E-state index is 0.350. The van der Waals surface area contributed by atoms with Gasteiger partial charge in [-0.05, 0) is 47.2 Å². The molecule has 78 valence electrons. The maximum atomic E-state index is 11.2. The maximum Gasteiger partial charge on any atom is 0.333 e. The summed E-state index contributed by atoms with van der Waals surface area (Å²) in [5, 5.41) is 0. The fourth-order valence-electron chi connectivity index (χ4n) is 0.337. The zero-order chi connectivity index (χ0) is 10.7. The van der Waals surface area contributed by atoms with E-state index in [2.05, 4.69) is 10.5 Å². The van der Waals surface area contributed by atoms with Gasteiger partial charge in [0.25, 0.3) is 0 Å². The quantitative estimate of drug-likeness (QED) is 0.673. The third-order valence-electron chi connectivity index (χ3n) is 1.09. The molecule has 4 heteroatoms. The van der Waals surface area contributed by atoms with Crippen LogP contribution in [0.2, 0.25) is 0 Å². The van der Waals surface area contributed by atoms with Crippen molar-refractivity contribution in [3.05, 3.63) is 0 Å². The summed E-state index contributed by atoms with van der Waals surface area (Å²) in [6.45, 7) is 10.9. The number of carbonyl (C=O) groups excluding carboxylic acids is 1. The molecule has 0 heterocycles. The van der Waals surface area contributed by atoms with Gasteiger partial charge in [0.1, 0.15) is 0 Å². The van der Waals surface area contributed by atoms with Crippen LogP contribution in [0, 0.1) is 5.41 Å². The van der Waals surface area contributed by atoms with Crippen molar-refractivity contribution in [1.82, 2.24) is 5.64 Å². The van der Waals surface area contributed by atoms with Crippen molar-refractivity contribution in [2.24, 2.45) is 5.41 Å². The van der Waals surface area contributed by atoms with Gasteiger partial charge in [0.05, 0.1) is 11.0 Å². The topological polar surface area (TPSA) is 47.6 Å². The minimum atomic E-state index is -0.520. The first-order valence-corrected chi connectivity index (χ1v) is 4.27. The molecule has 0 saturated carbocycles. The second-order valence-electron chi connectivity index (χ2n) is 4.94. The van der Waals surface area contributed by atoms with Crippen molar-refractivity contribution < 1.29 is 14.5 Å². The zero-order valence-electron chi connectivity index (χ0n) is 9.22. The van der Waals surface area contributed by atoms with E-state index in [1.54, 1.807) is 20.8 Å². The van der Waals surface area contributed by atoms with Crippen LogP contribution >= 0.6 is 0 Å². The Morgan fingerprint density at radius 1 is 1.08 bits per heavy atom. The van der Waals surface area contributed by atoms with E-state index in [9.17, 15) is 4.79 Å². The van der Waals surface area contributed by atoms with E-state index in [-0.39, 0.29) is 11.6 Å². The van der Waals surface area contributed by atoms with Gasteiger partial charge < -0.3 is 4.84 Å². The zero-order valence-corrected chi connectivity index (χ0v) is 9.22. The van der Waals surface area contributed by atoms with E-state index in [0.717, 1.165) is 0 Å². The molecular formula is C9H19NO3. The Hall–Kier alpha value is -0.610. The number of hydrogen-bond donors (Lipinski definition) is 1. The lowest BCUT2D eigenvalue weighted by Gasteiger charge is -2.21. The van der Waals surface area contributed by atoms with E-state index in [0.29, 0.717) is 0 Å². The van der Waals surface area contributed by atoms with Crippen LogP contribution in [0.15, 0.2) is 0 Å². The molecule has 0 aromatic rings. The molecule has 0 atom stereocenters. The van der Waals surface area contributed by atoms with Gasteiger partial charge >= 0.3 is 5.97 Å². The first kappa shape index (κ1) is 12.4. The maximum absolute atomic E-state index is 11.2. The number of carbonyl (C=O) groups is 1. The summed E-state index contributed by atoms with van der Waals surface area (Å²) < 4.78 is 0. The van der Waals surface area contributed by atoms with Gasteiger partial charge in [-0.2, -0.15) is 0 Å². The molecule has 0 spiro atoms. The van der Waals surface area contributed by atoms with Crippen LogP contribution in [-0.4, -0.2) is 11.6 Å². The van der Waals surface area contributed by atoms with Crippen molar-refractivity contribution in [2.75, 3.05) is 0 Å². The van der Waals surface area contributed by atoms with Gasteiger partial charge in [0.15, 0.2) is 0 Å². The van der Waals surface area contributed by atoms with E-state index in [1.165, 1.54) is 0 Å². The summed E-state index contributed by atoms with van der Waals surface area (Å²) in [6.07, 6.45) is 0. The molecule has 0 unspecified atom stereocenters. The number of nitrogens with one attached hydrogen (secondary N) is 1. The highest BCUT2D eigenvalue weighted by atomic mass is 16.9. The lowest BCUT2D eigenvalue weighted by atomic mass is 9.98. The lowest BCUT2D eigenvalue weighted by molar-refractivity contribution is -0.227. The third kappa shape index (κ3) is 6.54. The normalized spacial score (nSPS) is 12.8. The Balaban J connectivity index is 3.74. The predicted molar refractivity (Wildman–Crippen MR) is 49.5 cm³/mol. The van der Waals surface area contributed by atoms with Gasteiger partial charge in [-0.15, -0.1) is 0 Å². The molecule has 0 amide bonds. The van der Waals surface area contributed by atoms with E-state index >= 15 is 0 Å².